The molecular formula is C23H28O8. The van der Waals surface area contributed by atoms with Crippen molar-refractivity contribution in [2.24, 2.45) is 23.7 Å². The number of carboxylic acid groups (broad SMARTS) is 1. The fourth-order valence-electron chi connectivity index (χ4n) is 4.28. The normalized spacial score (nSPS) is 25.8. The van der Waals surface area contributed by atoms with Gasteiger partial charge in [-0.2, -0.15) is 0 Å². The molecule has 2 aliphatic rings. The summed E-state index contributed by atoms with van der Waals surface area (Å²) in [5.74, 6) is -2.10. The van der Waals surface area contributed by atoms with Crippen LogP contribution in [0.5, 0.6) is 11.5 Å². The Kier molecular flexibility index (Phi) is 7.65. The number of carbonyl (C=O) groups excluding carboxylic acids is 3. The van der Waals surface area contributed by atoms with Gasteiger partial charge in [-0.25, -0.2) is 0 Å². The van der Waals surface area contributed by atoms with E-state index in [1.54, 1.807) is 24.3 Å². The van der Waals surface area contributed by atoms with Gasteiger partial charge in [0.2, 0.25) is 0 Å². The predicted octanol–water partition coefficient (Wildman–Crippen LogP) is 3.37. The van der Waals surface area contributed by atoms with Crippen LogP contribution in [0.3, 0.4) is 0 Å². The summed E-state index contributed by atoms with van der Waals surface area (Å²) in [7, 11) is 1.37. The van der Waals surface area contributed by atoms with E-state index >= 15 is 0 Å². The van der Waals surface area contributed by atoms with Gasteiger partial charge < -0.3 is 19.3 Å². The van der Waals surface area contributed by atoms with Crippen molar-refractivity contribution in [3.8, 4) is 11.5 Å². The highest BCUT2D eigenvalue weighted by Crippen LogP contribution is 2.32. The fourth-order valence-corrected chi connectivity index (χ4v) is 4.28. The van der Waals surface area contributed by atoms with Crippen LogP contribution in [0.25, 0.3) is 0 Å². The zero-order valence-electron chi connectivity index (χ0n) is 17.6. The summed E-state index contributed by atoms with van der Waals surface area (Å²) in [5, 5.41) is 9.04. The lowest BCUT2D eigenvalue weighted by Gasteiger charge is -2.25. The molecule has 0 radical (unpaired) electrons. The molecule has 0 aromatic heterocycles. The van der Waals surface area contributed by atoms with Crippen LogP contribution in [-0.4, -0.2) is 36.1 Å². The van der Waals surface area contributed by atoms with Gasteiger partial charge >= 0.3 is 23.9 Å². The minimum Gasteiger partial charge on any atom is -0.481 e. The quantitative estimate of drug-likeness (QED) is 0.537. The second-order valence-electron chi connectivity index (χ2n) is 8.27. The number of hydrogen-bond acceptors (Lipinski definition) is 7. The summed E-state index contributed by atoms with van der Waals surface area (Å²) < 4.78 is 15.6. The van der Waals surface area contributed by atoms with E-state index in [9.17, 15) is 19.2 Å². The largest absolute Gasteiger partial charge is 0.481 e. The molecular weight excluding hydrogens is 404 g/mol. The summed E-state index contributed by atoms with van der Waals surface area (Å²) in [5.41, 5.74) is 0. The number of methoxy groups -OCH3 is 1. The van der Waals surface area contributed by atoms with Crippen LogP contribution in [0.15, 0.2) is 24.3 Å². The molecule has 0 amide bonds. The smallest absolute Gasteiger partial charge is 0.314 e. The lowest BCUT2D eigenvalue weighted by atomic mass is 9.82. The van der Waals surface area contributed by atoms with E-state index in [1.807, 2.05) is 0 Å². The zero-order chi connectivity index (χ0) is 22.4. The van der Waals surface area contributed by atoms with Crippen molar-refractivity contribution in [1.82, 2.24) is 0 Å². The van der Waals surface area contributed by atoms with E-state index in [0.717, 1.165) is 0 Å². The molecule has 0 spiro atoms. The maximum atomic E-state index is 12.4. The summed E-state index contributed by atoms with van der Waals surface area (Å²) >= 11 is 0. The molecule has 2 aliphatic carbocycles. The van der Waals surface area contributed by atoms with Gasteiger partial charge in [0.25, 0.3) is 0 Å². The molecule has 2 fully saturated rings. The molecule has 0 heterocycles. The van der Waals surface area contributed by atoms with E-state index in [2.05, 4.69) is 0 Å². The Morgan fingerprint density at radius 3 is 1.29 bits per heavy atom. The third-order valence-corrected chi connectivity index (χ3v) is 6.27. The van der Waals surface area contributed by atoms with Gasteiger partial charge in [0.1, 0.15) is 11.5 Å². The second-order valence-corrected chi connectivity index (χ2v) is 8.27. The van der Waals surface area contributed by atoms with Crippen LogP contribution in [0.4, 0.5) is 0 Å². The highest BCUT2D eigenvalue weighted by Gasteiger charge is 2.32. The number of esters is 3. The van der Waals surface area contributed by atoms with E-state index in [-0.39, 0.29) is 41.6 Å². The minimum atomic E-state index is -0.812. The maximum absolute atomic E-state index is 12.4. The molecule has 0 aliphatic heterocycles. The summed E-state index contributed by atoms with van der Waals surface area (Å²) in [4.78, 5) is 47.3. The van der Waals surface area contributed by atoms with Gasteiger partial charge in [0.15, 0.2) is 0 Å². The number of carboxylic acids is 1. The number of rotatable bonds is 6. The predicted molar refractivity (Wildman–Crippen MR) is 108 cm³/mol. The first-order valence-electron chi connectivity index (χ1n) is 10.7. The van der Waals surface area contributed by atoms with Crippen molar-refractivity contribution in [3.05, 3.63) is 24.3 Å². The Morgan fingerprint density at radius 1 is 0.645 bits per heavy atom. The zero-order valence-corrected chi connectivity index (χ0v) is 17.6. The molecule has 1 N–H and O–H groups in total. The van der Waals surface area contributed by atoms with Crippen LogP contribution in [0.2, 0.25) is 0 Å². The van der Waals surface area contributed by atoms with E-state index in [1.165, 1.54) is 7.11 Å². The fraction of sp³-hybridized carbons (Fsp3) is 0.565. The third-order valence-electron chi connectivity index (χ3n) is 6.27. The van der Waals surface area contributed by atoms with Gasteiger partial charge in [-0.3, -0.25) is 19.2 Å². The minimum absolute atomic E-state index is 0.151. The Morgan fingerprint density at radius 2 is 0.968 bits per heavy atom. The Hall–Kier alpha value is -2.90. The molecule has 168 valence electrons. The van der Waals surface area contributed by atoms with Crippen molar-refractivity contribution in [3.63, 3.8) is 0 Å². The first-order chi connectivity index (χ1) is 14.9. The van der Waals surface area contributed by atoms with E-state index < -0.39 is 5.97 Å². The molecule has 3 rings (SSSR count). The Balaban J connectivity index is 1.45. The van der Waals surface area contributed by atoms with Crippen molar-refractivity contribution in [2.75, 3.05) is 7.11 Å². The van der Waals surface area contributed by atoms with Crippen LogP contribution < -0.4 is 9.47 Å². The lowest BCUT2D eigenvalue weighted by Crippen LogP contribution is -2.29. The molecule has 0 saturated heterocycles. The Bertz CT molecular complexity index is 799. The first-order valence-corrected chi connectivity index (χ1v) is 10.7. The lowest BCUT2D eigenvalue weighted by molar-refractivity contribution is -0.149. The van der Waals surface area contributed by atoms with Crippen molar-refractivity contribution in [2.45, 2.75) is 51.4 Å². The number of ether oxygens (including phenoxy) is 3. The number of carbonyl (C=O) groups is 4. The topological polar surface area (TPSA) is 116 Å². The average molecular weight is 432 g/mol. The van der Waals surface area contributed by atoms with Gasteiger partial charge in [0.05, 0.1) is 30.8 Å². The third kappa shape index (κ3) is 6.06. The highest BCUT2D eigenvalue weighted by atomic mass is 16.5. The maximum Gasteiger partial charge on any atom is 0.314 e. The van der Waals surface area contributed by atoms with Gasteiger partial charge in [-0.15, -0.1) is 0 Å². The van der Waals surface area contributed by atoms with E-state index in [4.69, 9.17) is 19.3 Å². The molecule has 0 unspecified atom stereocenters. The number of hydrogen-bond donors (Lipinski definition) is 1. The van der Waals surface area contributed by atoms with Crippen LogP contribution >= 0.6 is 0 Å². The molecule has 1 aromatic carbocycles. The molecule has 0 atom stereocenters. The monoisotopic (exact) mass is 432 g/mol. The second kappa shape index (κ2) is 10.4. The Labute approximate surface area is 180 Å². The molecule has 31 heavy (non-hydrogen) atoms. The van der Waals surface area contributed by atoms with Crippen LogP contribution in [0, 0.1) is 23.7 Å². The molecule has 1 aromatic rings. The van der Waals surface area contributed by atoms with Crippen molar-refractivity contribution in [1.29, 1.82) is 0 Å². The van der Waals surface area contributed by atoms with Crippen LogP contribution in [0.1, 0.15) is 51.4 Å². The van der Waals surface area contributed by atoms with Gasteiger partial charge in [-0.1, -0.05) is 0 Å². The standard InChI is InChI=1S/C23H28O8/c1-29-21(26)15-6-8-17(9-7-15)23(28)31-19-12-10-18(11-13-19)30-22(27)16-4-2-14(3-5-16)20(24)25/h10-17H,2-9H2,1H3,(H,24,25). The van der Waals surface area contributed by atoms with Crippen molar-refractivity contribution < 1.29 is 38.5 Å². The molecule has 0 bridgehead atoms. The van der Waals surface area contributed by atoms with Gasteiger partial charge in [0, 0.05) is 0 Å². The molecule has 2 saturated carbocycles. The number of aliphatic carboxylic acids is 1. The average Bonchev–Trinajstić information content (AvgIpc) is 2.80. The van der Waals surface area contributed by atoms with Gasteiger partial charge in [-0.05, 0) is 75.6 Å². The van der Waals surface area contributed by atoms with Crippen molar-refractivity contribution >= 4 is 23.9 Å². The molecule has 8 nitrogen and oxygen atoms in total. The summed E-state index contributed by atoms with van der Waals surface area (Å²) in [6, 6.07) is 6.28. The highest BCUT2D eigenvalue weighted by molar-refractivity contribution is 5.77. The number of benzene rings is 1. The van der Waals surface area contributed by atoms with Crippen LogP contribution in [-0.2, 0) is 23.9 Å². The van der Waals surface area contributed by atoms with E-state index in [0.29, 0.717) is 62.9 Å². The SMILES string of the molecule is COC(=O)C1CCC(C(=O)Oc2ccc(OC(=O)C3CCC(C(=O)O)CC3)cc2)CC1. The summed E-state index contributed by atoms with van der Waals surface area (Å²) in [6.45, 7) is 0. The summed E-state index contributed by atoms with van der Waals surface area (Å²) in [6.07, 6.45) is 4.34. The molecule has 8 heteroatoms. The first kappa shape index (κ1) is 22.8.